The summed E-state index contributed by atoms with van der Waals surface area (Å²) >= 11 is 5.34. The van der Waals surface area contributed by atoms with E-state index in [1.807, 2.05) is 19.1 Å². The molecule has 37 heavy (non-hydrogen) atoms. The Labute approximate surface area is 227 Å². The minimum Gasteiger partial charge on any atom is -0.477 e. The molecule has 0 bridgehead atoms. The van der Waals surface area contributed by atoms with E-state index in [2.05, 4.69) is 25.7 Å². The van der Waals surface area contributed by atoms with Gasteiger partial charge in [0.2, 0.25) is 0 Å². The number of aromatic nitrogens is 3. The number of aryl methyl sites for hydroxylation is 1. The van der Waals surface area contributed by atoms with Crippen LogP contribution in [0.25, 0.3) is 0 Å². The number of thiazole rings is 1. The van der Waals surface area contributed by atoms with Gasteiger partial charge in [-0.1, -0.05) is 34.3 Å². The molecule has 4 N–H and O–H groups in total. The summed E-state index contributed by atoms with van der Waals surface area (Å²) in [7, 11) is 0. The third-order valence-corrected chi connectivity index (χ3v) is 9.71. The van der Waals surface area contributed by atoms with E-state index in [0.29, 0.717) is 17.1 Å². The molecule has 12 nitrogen and oxygen atoms in total. The first kappa shape index (κ1) is 25.7. The first-order chi connectivity index (χ1) is 17.8. The van der Waals surface area contributed by atoms with Crippen LogP contribution in [0, 0.1) is 6.92 Å². The summed E-state index contributed by atoms with van der Waals surface area (Å²) in [6, 6.07) is -0.917. The highest BCUT2D eigenvalue weighted by molar-refractivity contribution is 8.01. The fraction of sp³-hybridized carbons (Fsp3) is 0.381. The van der Waals surface area contributed by atoms with Crippen LogP contribution in [0.5, 0.6) is 0 Å². The van der Waals surface area contributed by atoms with Crippen LogP contribution in [-0.2, 0) is 19.2 Å². The molecular formula is C21H21N7O5S4. The lowest BCUT2D eigenvalue weighted by atomic mass is 10.0. The lowest BCUT2D eigenvalue weighted by Gasteiger charge is -2.49. The number of fused-ring (bicyclic) bond motifs is 1. The number of allylic oxidation sites excluding steroid dienone is 1. The average Bonchev–Trinajstić information content (AvgIpc) is 3.64. The molecule has 4 heterocycles. The minimum absolute atomic E-state index is 0.0505. The molecule has 2 aromatic heterocycles. The van der Waals surface area contributed by atoms with Crippen molar-refractivity contribution in [2.24, 2.45) is 5.16 Å². The van der Waals surface area contributed by atoms with Crippen LogP contribution in [0.1, 0.15) is 23.5 Å². The van der Waals surface area contributed by atoms with Gasteiger partial charge in [0.25, 0.3) is 11.8 Å². The summed E-state index contributed by atoms with van der Waals surface area (Å²) in [5, 5.41) is 26.7. The number of nitrogens with two attached hydrogens (primary N) is 1. The Morgan fingerprint density at radius 1 is 1.41 bits per heavy atom. The van der Waals surface area contributed by atoms with Crippen LogP contribution in [0.3, 0.4) is 0 Å². The molecular weight excluding hydrogens is 559 g/mol. The lowest BCUT2D eigenvalue weighted by molar-refractivity contribution is -0.150. The third-order valence-electron chi connectivity index (χ3n) is 5.64. The third kappa shape index (κ3) is 5.37. The zero-order valence-corrected chi connectivity index (χ0v) is 22.6. The minimum atomic E-state index is -1.19. The Balaban J connectivity index is 1.30. The van der Waals surface area contributed by atoms with E-state index in [-0.39, 0.29) is 28.3 Å². The highest BCUT2D eigenvalue weighted by atomic mass is 32.2. The summed E-state index contributed by atoms with van der Waals surface area (Å²) in [6.07, 6.45) is 5.18. The van der Waals surface area contributed by atoms with Crippen LogP contribution < -0.4 is 11.1 Å². The molecule has 1 aliphatic carbocycles. The number of anilines is 1. The van der Waals surface area contributed by atoms with E-state index in [1.165, 1.54) is 39.8 Å². The number of hydrogen-bond acceptors (Lipinski definition) is 13. The number of aliphatic carboxylic acids is 1. The maximum absolute atomic E-state index is 13.2. The van der Waals surface area contributed by atoms with E-state index < -0.39 is 29.2 Å². The number of rotatable bonds is 9. The molecule has 5 rings (SSSR count). The first-order valence-corrected chi connectivity index (χ1v) is 14.8. The van der Waals surface area contributed by atoms with Crippen LogP contribution in [-0.4, -0.2) is 77.7 Å². The van der Waals surface area contributed by atoms with Crippen LogP contribution >= 0.6 is 46.2 Å². The zero-order chi connectivity index (χ0) is 26.1. The molecule has 0 radical (unpaired) electrons. The zero-order valence-electron chi connectivity index (χ0n) is 19.3. The van der Waals surface area contributed by atoms with E-state index in [1.54, 1.807) is 5.38 Å². The van der Waals surface area contributed by atoms with Crippen LogP contribution in [0.4, 0.5) is 5.13 Å². The second kappa shape index (κ2) is 10.8. The average molecular weight is 580 g/mol. The number of nitrogens with zero attached hydrogens (tertiary/aromatic N) is 5. The number of oxime groups is 1. The van der Waals surface area contributed by atoms with Crippen molar-refractivity contribution in [3.05, 3.63) is 39.5 Å². The first-order valence-electron chi connectivity index (χ1n) is 11.1. The van der Waals surface area contributed by atoms with Gasteiger partial charge < -0.3 is 21.0 Å². The molecule has 0 spiro atoms. The Morgan fingerprint density at radius 2 is 2.24 bits per heavy atom. The van der Waals surface area contributed by atoms with Crippen molar-refractivity contribution >= 4 is 74.8 Å². The number of nitrogen functional groups attached to an aromatic ring is 1. The highest BCUT2D eigenvalue weighted by Gasteiger charge is 2.54. The molecule has 2 aromatic rings. The van der Waals surface area contributed by atoms with Gasteiger partial charge in [-0.2, -0.15) is 0 Å². The normalized spacial score (nSPS) is 23.2. The van der Waals surface area contributed by atoms with Crippen LogP contribution in [0.15, 0.2) is 38.3 Å². The van der Waals surface area contributed by atoms with E-state index in [9.17, 15) is 19.5 Å². The Bertz CT molecular complexity index is 1340. The maximum Gasteiger partial charge on any atom is 0.352 e. The fourth-order valence-electron chi connectivity index (χ4n) is 3.90. The van der Waals surface area contributed by atoms with Crippen molar-refractivity contribution in [2.75, 3.05) is 17.2 Å². The smallest absolute Gasteiger partial charge is 0.352 e. The monoisotopic (exact) mass is 579 g/mol. The van der Waals surface area contributed by atoms with Crippen molar-refractivity contribution in [3.8, 4) is 0 Å². The van der Waals surface area contributed by atoms with Gasteiger partial charge in [0.15, 0.2) is 15.2 Å². The number of carboxylic acid groups (broad SMARTS) is 1. The number of thioether (sulfide) groups is 2. The standard InChI is InChI=1S/C21H21N7O5S4/c1-9-25-26-21(37-9)36-7-10-6-34-18-14(17(30)28(18)15(10)19(31)32)24-16(29)13(12-8-35-20(22)23-12)27-33-11-4-2-3-5-11/h2,4,8,11,14,18H,3,5-7H2,1H3,(H2,22,23)(H,24,29)(H,31,32)/t11?,14?,18-/m1/s1. The van der Waals surface area contributed by atoms with Gasteiger partial charge in [-0.15, -0.1) is 33.3 Å². The molecule has 3 atom stereocenters. The van der Waals surface area contributed by atoms with Gasteiger partial charge in [0.05, 0.1) is 0 Å². The quantitative estimate of drug-likeness (QED) is 0.130. The largest absolute Gasteiger partial charge is 0.477 e. The Hall–Kier alpha value is -2.95. The molecule has 3 aliphatic rings. The number of nitrogens with one attached hydrogen (secondary N) is 1. The predicted octanol–water partition coefficient (Wildman–Crippen LogP) is 1.86. The lowest BCUT2D eigenvalue weighted by Crippen LogP contribution is -2.71. The van der Waals surface area contributed by atoms with E-state index in [4.69, 9.17) is 10.6 Å². The summed E-state index contributed by atoms with van der Waals surface area (Å²) < 4.78 is 0.728. The Morgan fingerprint density at radius 3 is 2.89 bits per heavy atom. The summed E-state index contributed by atoms with van der Waals surface area (Å²) in [5.74, 6) is -1.58. The number of hydrogen-bond donors (Lipinski definition) is 3. The molecule has 1 fully saturated rings. The van der Waals surface area contributed by atoms with Gasteiger partial charge in [-0.3, -0.25) is 14.5 Å². The summed E-state index contributed by atoms with van der Waals surface area (Å²) in [4.78, 5) is 49.2. The topological polar surface area (TPSA) is 173 Å². The van der Waals surface area contributed by atoms with Crippen molar-refractivity contribution in [2.45, 2.75) is 41.6 Å². The van der Waals surface area contributed by atoms with Crippen molar-refractivity contribution < 1.29 is 24.3 Å². The van der Waals surface area contributed by atoms with Gasteiger partial charge in [0, 0.05) is 16.9 Å². The van der Waals surface area contributed by atoms with E-state index >= 15 is 0 Å². The number of carboxylic acids is 1. The summed E-state index contributed by atoms with van der Waals surface area (Å²) in [5.41, 5.74) is 6.44. The predicted molar refractivity (Wildman–Crippen MR) is 141 cm³/mol. The van der Waals surface area contributed by atoms with Crippen molar-refractivity contribution in [1.82, 2.24) is 25.4 Å². The maximum atomic E-state index is 13.2. The Kier molecular flexibility index (Phi) is 7.50. The molecule has 194 valence electrons. The number of carbonyl (C=O) groups excluding carboxylic acids is 2. The second-order valence-electron chi connectivity index (χ2n) is 8.15. The van der Waals surface area contributed by atoms with Gasteiger partial charge in [0.1, 0.15) is 33.9 Å². The van der Waals surface area contributed by atoms with Crippen molar-refractivity contribution in [3.63, 3.8) is 0 Å². The summed E-state index contributed by atoms with van der Waals surface area (Å²) in [6.45, 7) is 1.84. The van der Waals surface area contributed by atoms with Gasteiger partial charge in [-0.05, 0) is 31.4 Å². The van der Waals surface area contributed by atoms with E-state index in [0.717, 1.165) is 33.5 Å². The van der Waals surface area contributed by atoms with Crippen molar-refractivity contribution in [1.29, 1.82) is 0 Å². The molecule has 0 aromatic carbocycles. The molecule has 2 amide bonds. The second-order valence-corrected chi connectivity index (χ2v) is 12.6. The highest BCUT2D eigenvalue weighted by Crippen LogP contribution is 2.41. The molecule has 2 unspecified atom stereocenters. The molecule has 2 aliphatic heterocycles. The van der Waals surface area contributed by atoms with Crippen LogP contribution in [0.2, 0.25) is 0 Å². The number of β-lactam (4-membered cyclic amide) rings is 1. The van der Waals surface area contributed by atoms with Gasteiger partial charge >= 0.3 is 5.97 Å². The molecule has 16 heteroatoms. The number of carbonyl (C=O) groups is 3. The SMILES string of the molecule is Cc1nnc(SCC2=C(C(=O)O)N3C(=O)C(NC(=O)C(=NOC4C=CCC4)c4csc(N)n4)[C@H]3SC2)s1. The van der Waals surface area contributed by atoms with Gasteiger partial charge in [-0.25, -0.2) is 9.78 Å². The molecule has 0 saturated carbocycles. The number of amides is 2. The fourth-order valence-corrected chi connectivity index (χ4v) is 7.75. The molecule has 1 saturated heterocycles.